The molecule has 0 saturated carbocycles. The van der Waals surface area contributed by atoms with E-state index in [-0.39, 0.29) is 6.17 Å². The molecule has 0 aliphatic carbocycles. The quantitative estimate of drug-likeness (QED) is 0.786. The number of nitrogens with zero attached hydrogens (tertiary/aromatic N) is 4. The molecule has 0 bridgehead atoms. The fourth-order valence-electron chi connectivity index (χ4n) is 3.69. The number of hydrogen-bond donors (Lipinski definition) is 1. The molecule has 1 N–H and O–H groups in total. The third-order valence-corrected chi connectivity index (χ3v) is 5.10. The van der Waals surface area contributed by atoms with Gasteiger partial charge in [-0.05, 0) is 44.0 Å². The highest BCUT2D eigenvalue weighted by atomic mass is 15.3. The summed E-state index contributed by atoms with van der Waals surface area (Å²) in [7, 11) is 0. The van der Waals surface area contributed by atoms with Gasteiger partial charge < -0.3 is 10.2 Å². The first-order valence-corrected chi connectivity index (χ1v) is 8.88. The van der Waals surface area contributed by atoms with Crippen LogP contribution in [0.15, 0.2) is 66.4 Å². The van der Waals surface area contributed by atoms with E-state index in [1.165, 1.54) is 17.0 Å². The predicted octanol–water partition coefficient (Wildman–Crippen LogP) is 3.78. The van der Waals surface area contributed by atoms with E-state index in [1.807, 2.05) is 42.7 Å². The van der Waals surface area contributed by atoms with E-state index < -0.39 is 0 Å². The molecular weight excluding hydrogens is 322 g/mol. The number of rotatable bonds is 3. The molecule has 4 heterocycles. The summed E-state index contributed by atoms with van der Waals surface area (Å²) in [6.45, 7) is 2.17. The van der Waals surface area contributed by atoms with Gasteiger partial charge in [-0.2, -0.15) is 0 Å². The maximum absolute atomic E-state index is 4.74. The van der Waals surface area contributed by atoms with Crippen molar-refractivity contribution >= 4 is 17.1 Å². The lowest BCUT2D eigenvalue weighted by Crippen LogP contribution is -2.28. The van der Waals surface area contributed by atoms with Crippen LogP contribution in [0.3, 0.4) is 0 Å². The van der Waals surface area contributed by atoms with Gasteiger partial charge >= 0.3 is 0 Å². The third-order valence-electron chi connectivity index (χ3n) is 5.10. The Kier molecular flexibility index (Phi) is 3.45. The van der Waals surface area contributed by atoms with Crippen molar-refractivity contribution in [2.75, 3.05) is 0 Å². The minimum absolute atomic E-state index is 0.140. The molecule has 1 unspecified atom stereocenters. The number of aryl methyl sites for hydroxylation is 1. The summed E-state index contributed by atoms with van der Waals surface area (Å²) in [5.41, 5.74) is 7.69. The number of nitrogens with one attached hydrogen (secondary N) is 1. The van der Waals surface area contributed by atoms with Crippen molar-refractivity contribution in [1.29, 1.82) is 0 Å². The van der Waals surface area contributed by atoms with E-state index in [4.69, 9.17) is 4.98 Å². The molecule has 0 spiro atoms. The van der Waals surface area contributed by atoms with Gasteiger partial charge in [0.05, 0.1) is 22.4 Å². The van der Waals surface area contributed by atoms with Crippen molar-refractivity contribution in [1.82, 2.24) is 25.2 Å². The summed E-state index contributed by atoms with van der Waals surface area (Å²) in [5.74, 6) is 0. The normalized spacial score (nSPS) is 18.0. The van der Waals surface area contributed by atoms with Crippen LogP contribution in [0, 0.1) is 0 Å². The highest BCUT2D eigenvalue weighted by Gasteiger charge is 2.32. The fraction of sp³-hybridized carbons (Fsp3) is 0.190. The van der Waals surface area contributed by atoms with Gasteiger partial charge in [0.1, 0.15) is 6.17 Å². The molecule has 3 aromatic rings. The molecule has 0 saturated heterocycles. The minimum atomic E-state index is 0.140. The molecule has 2 aromatic heterocycles. The largest absolute Gasteiger partial charge is 0.363 e. The molecule has 0 amide bonds. The van der Waals surface area contributed by atoms with Crippen LogP contribution < -0.4 is 5.32 Å². The van der Waals surface area contributed by atoms with E-state index in [0.29, 0.717) is 0 Å². The van der Waals surface area contributed by atoms with Crippen LogP contribution >= 0.6 is 0 Å². The molecule has 0 radical (unpaired) electrons. The summed E-state index contributed by atoms with van der Waals surface area (Å²) in [5, 5.41) is 3.67. The first-order chi connectivity index (χ1) is 12.8. The summed E-state index contributed by atoms with van der Waals surface area (Å²) in [4.78, 5) is 16.0. The minimum Gasteiger partial charge on any atom is -0.363 e. The second-order valence-electron chi connectivity index (χ2n) is 6.66. The molecule has 26 heavy (non-hydrogen) atoms. The maximum Gasteiger partial charge on any atom is 0.131 e. The fourth-order valence-corrected chi connectivity index (χ4v) is 3.69. The van der Waals surface area contributed by atoms with Crippen molar-refractivity contribution < 1.29 is 0 Å². The standard InChI is InChI=1S/C21H19N5/c1-14-17(9-8-15-13-23-19-6-2-3-7-20(19)24-15)25-21-16-5-4-11-22-18(16)10-12-26(14)21/h2-7,10-13,21,25H,8-9H2,1H3. The highest BCUT2D eigenvalue weighted by Crippen LogP contribution is 2.36. The molecule has 1 atom stereocenters. The van der Waals surface area contributed by atoms with Gasteiger partial charge in [-0.15, -0.1) is 0 Å². The molecule has 1 aromatic carbocycles. The zero-order valence-electron chi connectivity index (χ0n) is 14.6. The Morgan fingerprint density at radius 2 is 1.92 bits per heavy atom. The second-order valence-corrected chi connectivity index (χ2v) is 6.66. The monoisotopic (exact) mass is 341 g/mol. The molecule has 5 nitrogen and oxygen atoms in total. The summed E-state index contributed by atoms with van der Waals surface area (Å²) < 4.78 is 0. The smallest absolute Gasteiger partial charge is 0.131 e. The number of aromatic nitrogens is 3. The molecule has 2 aliphatic rings. The molecule has 128 valence electrons. The third kappa shape index (κ3) is 2.44. The molecular formula is C21H19N5. The van der Waals surface area contributed by atoms with Crippen molar-refractivity contribution in [2.45, 2.75) is 25.9 Å². The average molecular weight is 341 g/mol. The van der Waals surface area contributed by atoms with Crippen LogP contribution in [0.5, 0.6) is 0 Å². The predicted molar refractivity (Wildman–Crippen MR) is 102 cm³/mol. The SMILES string of the molecule is CC1=C(CCc2cnc3ccccc3n2)NC2c3cccnc3C=CN12. The Balaban J connectivity index is 1.36. The lowest BCUT2D eigenvalue weighted by Gasteiger charge is -2.29. The summed E-state index contributed by atoms with van der Waals surface area (Å²) in [6, 6.07) is 12.1. The van der Waals surface area contributed by atoms with Gasteiger partial charge in [-0.25, -0.2) is 4.98 Å². The summed E-state index contributed by atoms with van der Waals surface area (Å²) in [6.07, 6.45) is 9.84. The van der Waals surface area contributed by atoms with Crippen molar-refractivity contribution in [3.63, 3.8) is 0 Å². The Bertz CT molecular complexity index is 1050. The van der Waals surface area contributed by atoms with Gasteiger partial charge in [0.15, 0.2) is 0 Å². The molecule has 2 aliphatic heterocycles. The number of benzene rings is 1. The molecule has 0 fully saturated rings. The van der Waals surface area contributed by atoms with Crippen molar-refractivity contribution in [3.8, 4) is 0 Å². The van der Waals surface area contributed by atoms with E-state index in [1.54, 1.807) is 0 Å². The van der Waals surface area contributed by atoms with Gasteiger partial charge in [0.25, 0.3) is 0 Å². The zero-order chi connectivity index (χ0) is 17.5. The van der Waals surface area contributed by atoms with Crippen molar-refractivity contribution in [2.24, 2.45) is 0 Å². The van der Waals surface area contributed by atoms with Crippen LogP contribution in [-0.4, -0.2) is 19.9 Å². The van der Waals surface area contributed by atoms with Gasteiger partial charge in [0.2, 0.25) is 0 Å². The van der Waals surface area contributed by atoms with Crippen LogP contribution in [-0.2, 0) is 6.42 Å². The van der Waals surface area contributed by atoms with Gasteiger partial charge in [0, 0.05) is 35.6 Å². The average Bonchev–Trinajstić information content (AvgIpc) is 3.02. The lowest BCUT2D eigenvalue weighted by molar-refractivity contribution is 0.348. The van der Waals surface area contributed by atoms with Gasteiger partial charge in [-0.3, -0.25) is 9.97 Å². The lowest BCUT2D eigenvalue weighted by atomic mass is 10.1. The summed E-state index contributed by atoms with van der Waals surface area (Å²) >= 11 is 0. The highest BCUT2D eigenvalue weighted by molar-refractivity contribution is 5.73. The van der Waals surface area contributed by atoms with Crippen LogP contribution in [0.1, 0.15) is 36.5 Å². The van der Waals surface area contributed by atoms with Crippen LogP contribution in [0.25, 0.3) is 17.1 Å². The maximum atomic E-state index is 4.74. The molecule has 5 heteroatoms. The Morgan fingerprint density at radius 3 is 2.85 bits per heavy atom. The van der Waals surface area contributed by atoms with E-state index in [9.17, 15) is 0 Å². The number of hydrogen-bond acceptors (Lipinski definition) is 5. The van der Waals surface area contributed by atoms with Crippen LogP contribution in [0.2, 0.25) is 0 Å². The topological polar surface area (TPSA) is 53.9 Å². The Morgan fingerprint density at radius 1 is 1.04 bits per heavy atom. The van der Waals surface area contributed by atoms with E-state index >= 15 is 0 Å². The number of fused-ring (bicyclic) bond motifs is 4. The number of allylic oxidation sites excluding steroid dienone is 2. The Hall–Kier alpha value is -3.21. The second kappa shape index (κ2) is 5.95. The number of para-hydroxylation sites is 2. The Labute approximate surface area is 152 Å². The molecule has 5 rings (SSSR count). The first-order valence-electron chi connectivity index (χ1n) is 8.88. The zero-order valence-corrected chi connectivity index (χ0v) is 14.6. The van der Waals surface area contributed by atoms with E-state index in [2.05, 4.69) is 45.5 Å². The van der Waals surface area contributed by atoms with Crippen molar-refractivity contribution in [3.05, 3.63) is 83.3 Å². The first kappa shape index (κ1) is 15.1. The van der Waals surface area contributed by atoms with Gasteiger partial charge in [-0.1, -0.05) is 18.2 Å². The van der Waals surface area contributed by atoms with E-state index in [0.717, 1.165) is 35.3 Å². The number of pyridine rings is 1. The van der Waals surface area contributed by atoms with Crippen LogP contribution in [0.4, 0.5) is 0 Å².